The summed E-state index contributed by atoms with van der Waals surface area (Å²) in [6.07, 6.45) is 0. The zero-order chi connectivity index (χ0) is 15.7. The summed E-state index contributed by atoms with van der Waals surface area (Å²) < 4.78 is 24.3. The highest BCUT2D eigenvalue weighted by Gasteiger charge is 2.10. The van der Waals surface area contributed by atoms with Crippen molar-refractivity contribution in [3.8, 4) is 5.75 Å². The lowest BCUT2D eigenvalue weighted by Gasteiger charge is -2.10. The Balaban J connectivity index is 1.96. The number of halogens is 2. The fraction of sp³-hybridized carbons (Fsp3) is 0.118. The van der Waals surface area contributed by atoms with E-state index in [1.54, 1.807) is 37.3 Å². The number of fused-ring (bicyclic) bond motifs is 1. The maximum Gasteiger partial charge on any atom is 0.336 e. The lowest BCUT2D eigenvalue weighted by atomic mass is 10.1. The fourth-order valence-corrected chi connectivity index (χ4v) is 2.42. The Labute approximate surface area is 130 Å². The van der Waals surface area contributed by atoms with Crippen LogP contribution in [0.4, 0.5) is 4.39 Å². The maximum atomic E-state index is 13.6. The SMILES string of the molecule is Cc1cc(=O)oc2cc(OCc3ccccc3F)c(Cl)cc12. The molecule has 0 aliphatic heterocycles. The summed E-state index contributed by atoms with van der Waals surface area (Å²) in [6, 6.07) is 11.0. The summed E-state index contributed by atoms with van der Waals surface area (Å²) in [4.78, 5) is 11.4. The molecule has 0 bridgehead atoms. The Morgan fingerprint density at radius 3 is 2.77 bits per heavy atom. The van der Waals surface area contributed by atoms with Crippen molar-refractivity contribution in [1.29, 1.82) is 0 Å². The summed E-state index contributed by atoms with van der Waals surface area (Å²) >= 11 is 6.18. The first-order valence-electron chi connectivity index (χ1n) is 6.65. The van der Waals surface area contributed by atoms with E-state index in [0.717, 1.165) is 10.9 Å². The number of hydrogen-bond acceptors (Lipinski definition) is 3. The van der Waals surface area contributed by atoms with Crippen LogP contribution in [0.3, 0.4) is 0 Å². The normalized spacial score (nSPS) is 10.9. The topological polar surface area (TPSA) is 39.4 Å². The van der Waals surface area contributed by atoms with Crippen LogP contribution in [0.25, 0.3) is 11.0 Å². The monoisotopic (exact) mass is 318 g/mol. The zero-order valence-electron chi connectivity index (χ0n) is 11.7. The molecule has 22 heavy (non-hydrogen) atoms. The van der Waals surface area contributed by atoms with E-state index in [1.807, 2.05) is 0 Å². The van der Waals surface area contributed by atoms with Crippen LogP contribution in [0.5, 0.6) is 5.75 Å². The van der Waals surface area contributed by atoms with Gasteiger partial charge in [-0.2, -0.15) is 0 Å². The van der Waals surface area contributed by atoms with Gasteiger partial charge in [0.05, 0.1) is 5.02 Å². The number of aryl methyl sites for hydroxylation is 1. The molecule has 0 unspecified atom stereocenters. The number of benzene rings is 2. The summed E-state index contributed by atoms with van der Waals surface area (Å²) in [7, 11) is 0. The van der Waals surface area contributed by atoms with Crippen LogP contribution in [0.15, 0.2) is 51.7 Å². The molecule has 0 spiro atoms. The summed E-state index contributed by atoms with van der Waals surface area (Å²) in [5.74, 6) is -0.00652. The minimum Gasteiger partial charge on any atom is -0.487 e. The highest BCUT2D eigenvalue weighted by atomic mass is 35.5. The summed E-state index contributed by atoms with van der Waals surface area (Å²) in [5.41, 5.74) is 1.14. The standard InChI is InChI=1S/C17H12ClFO3/c1-10-6-17(20)22-15-8-16(13(18)7-12(10)15)21-9-11-4-2-3-5-14(11)19/h2-8H,9H2,1H3. The lowest BCUT2D eigenvalue weighted by Crippen LogP contribution is -2.01. The average molecular weight is 319 g/mol. The predicted octanol–water partition coefficient (Wildman–Crippen LogP) is 4.47. The molecule has 0 radical (unpaired) electrons. The maximum absolute atomic E-state index is 13.6. The molecule has 3 aromatic rings. The highest BCUT2D eigenvalue weighted by Crippen LogP contribution is 2.31. The van der Waals surface area contributed by atoms with Gasteiger partial charge in [-0.05, 0) is 24.6 Å². The molecule has 0 fully saturated rings. The minimum atomic E-state index is -0.438. The van der Waals surface area contributed by atoms with Crippen molar-refractivity contribution in [2.45, 2.75) is 13.5 Å². The van der Waals surface area contributed by atoms with E-state index in [-0.39, 0.29) is 12.4 Å². The molecule has 0 aliphatic rings. The van der Waals surface area contributed by atoms with Crippen molar-refractivity contribution in [3.05, 3.63) is 74.9 Å². The predicted molar refractivity (Wildman–Crippen MR) is 83.0 cm³/mol. The van der Waals surface area contributed by atoms with Gasteiger partial charge in [0.15, 0.2) is 0 Å². The van der Waals surface area contributed by atoms with Crippen LogP contribution in [0.1, 0.15) is 11.1 Å². The first kappa shape index (κ1) is 14.6. The van der Waals surface area contributed by atoms with E-state index in [9.17, 15) is 9.18 Å². The Kier molecular flexibility index (Phi) is 3.86. The van der Waals surface area contributed by atoms with Gasteiger partial charge in [0.2, 0.25) is 0 Å². The van der Waals surface area contributed by atoms with Gasteiger partial charge in [-0.3, -0.25) is 0 Å². The van der Waals surface area contributed by atoms with Crippen molar-refractivity contribution in [1.82, 2.24) is 0 Å². The van der Waals surface area contributed by atoms with Crippen LogP contribution in [-0.4, -0.2) is 0 Å². The molecular formula is C17H12ClFO3. The first-order chi connectivity index (χ1) is 10.5. The Bertz CT molecular complexity index is 902. The molecule has 0 amide bonds. The van der Waals surface area contributed by atoms with Crippen molar-refractivity contribution >= 4 is 22.6 Å². The van der Waals surface area contributed by atoms with Gasteiger partial charge < -0.3 is 9.15 Å². The fourth-order valence-electron chi connectivity index (χ4n) is 2.20. The molecule has 0 atom stereocenters. The van der Waals surface area contributed by atoms with E-state index in [0.29, 0.717) is 21.9 Å². The zero-order valence-corrected chi connectivity index (χ0v) is 12.5. The van der Waals surface area contributed by atoms with Crippen molar-refractivity contribution in [2.24, 2.45) is 0 Å². The minimum absolute atomic E-state index is 0.0357. The van der Waals surface area contributed by atoms with Gasteiger partial charge in [-0.1, -0.05) is 29.8 Å². The number of rotatable bonds is 3. The molecule has 0 saturated heterocycles. The van der Waals surface area contributed by atoms with E-state index in [4.69, 9.17) is 20.8 Å². The number of ether oxygens (including phenoxy) is 1. The van der Waals surface area contributed by atoms with Crippen molar-refractivity contribution < 1.29 is 13.5 Å². The van der Waals surface area contributed by atoms with Crippen molar-refractivity contribution in [3.63, 3.8) is 0 Å². The highest BCUT2D eigenvalue weighted by molar-refractivity contribution is 6.32. The summed E-state index contributed by atoms with van der Waals surface area (Å²) in [6.45, 7) is 1.84. The Morgan fingerprint density at radius 1 is 1.23 bits per heavy atom. The van der Waals surface area contributed by atoms with Gasteiger partial charge in [0.1, 0.15) is 23.8 Å². The van der Waals surface area contributed by atoms with Crippen LogP contribution in [-0.2, 0) is 6.61 Å². The largest absolute Gasteiger partial charge is 0.487 e. The summed E-state index contributed by atoms with van der Waals surface area (Å²) in [5, 5.41) is 1.11. The molecule has 3 rings (SSSR count). The van der Waals surface area contributed by atoms with Gasteiger partial charge in [-0.25, -0.2) is 9.18 Å². The molecule has 112 valence electrons. The average Bonchev–Trinajstić information content (AvgIpc) is 2.47. The van der Waals surface area contributed by atoms with Crippen molar-refractivity contribution in [2.75, 3.05) is 0 Å². The van der Waals surface area contributed by atoms with Gasteiger partial charge in [0, 0.05) is 23.1 Å². The second kappa shape index (κ2) is 5.81. The smallest absolute Gasteiger partial charge is 0.336 e. The lowest BCUT2D eigenvalue weighted by molar-refractivity contribution is 0.300. The molecule has 5 heteroatoms. The third-order valence-corrected chi connectivity index (χ3v) is 3.64. The Morgan fingerprint density at radius 2 is 2.00 bits per heavy atom. The van der Waals surface area contributed by atoms with Crippen LogP contribution in [0.2, 0.25) is 5.02 Å². The van der Waals surface area contributed by atoms with E-state index < -0.39 is 5.63 Å². The van der Waals surface area contributed by atoms with Crippen LogP contribution < -0.4 is 10.4 Å². The molecular weight excluding hydrogens is 307 g/mol. The van der Waals surface area contributed by atoms with Gasteiger partial charge in [0.25, 0.3) is 0 Å². The van der Waals surface area contributed by atoms with E-state index in [1.165, 1.54) is 12.1 Å². The third-order valence-electron chi connectivity index (χ3n) is 3.34. The van der Waals surface area contributed by atoms with Gasteiger partial charge in [-0.15, -0.1) is 0 Å². The molecule has 0 N–H and O–H groups in total. The van der Waals surface area contributed by atoms with Crippen LogP contribution >= 0.6 is 11.6 Å². The van der Waals surface area contributed by atoms with Gasteiger partial charge >= 0.3 is 5.63 Å². The quantitative estimate of drug-likeness (QED) is 0.669. The molecule has 0 aliphatic carbocycles. The second-order valence-corrected chi connectivity index (χ2v) is 5.31. The molecule has 2 aromatic carbocycles. The van der Waals surface area contributed by atoms with Crippen LogP contribution in [0, 0.1) is 12.7 Å². The number of hydrogen-bond donors (Lipinski definition) is 0. The molecule has 1 heterocycles. The molecule has 3 nitrogen and oxygen atoms in total. The second-order valence-electron chi connectivity index (χ2n) is 4.91. The van der Waals surface area contributed by atoms with E-state index >= 15 is 0 Å². The van der Waals surface area contributed by atoms with E-state index in [2.05, 4.69) is 0 Å². The first-order valence-corrected chi connectivity index (χ1v) is 7.02. The Hall–Kier alpha value is -2.33. The molecule has 0 saturated carbocycles. The third kappa shape index (κ3) is 2.83. The molecule has 1 aromatic heterocycles.